The van der Waals surface area contributed by atoms with Crippen molar-refractivity contribution in [3.63, 3.8) is 0 Å². The number of nitrogens with zero attached hydrogens (tertiary/aromatic N) is 1. The molecule has 0 bridgehead atoms. The van der Waals surface area contributed by atoms with Gasteiger partial charge in [0.2, 0.25) is 11.8 Å². The lowest BCUT2D eigenvalue weighted by atomic mass is 10.0. The predicted molar refractivity (Wildman–Crippen MR) is 101 cm³/mol. The molecule has 1 atom stereocenters. The Morgan fingerprint density at radius 1 is 1.04 bits per heavy atom. The third-order valence-electron chi connectivity index (χ3n) is 4.43. The average Bonchev–Trinajstić information content (AvgIpc) is 2.65. The van der Waals surface area contributed by atoms with Crippen LogP contribution in [-0.2, 0) is 9.59 Å². The molecule has 1 unspecified atom stereocenters. The molecule has 3 N–H and O–H groups in total. The first-order valence-electron chi connectivity index (χ1n) is 8.84. The molecule has 0 aliphatic carbocycles. The molecular formula is C20H27N3O2. The van der Waals surface area contributed by atoms with E-state index < -0.39 is 0 Å². The van der Waals surface area contributed by atoms with Crippen molar-refractivity contribution < 1.29 is 9.59 Å². The zero-order valence-corrected chi connectivity index (χ0v) is 15.0. The molecule has 2 amide bonds. The van der Waals surface area contributed by atoms with Crippen LogP contribution in [0.4, 0.5) is 0 Å². The summed E-state index contributed by atoms with van der Waals surface area (Å²) >= 11 is 0. The molecule has 0 aromatic heterocycles. The van der Waals surface area contributed by atoms with Crippen LogP contribution in [0.15, 0.2) is 42.5 Å². The highest BCUT2D eigenvalue weighted by Crippen LogP contribution is 2.20. The molecule has 25 heavy (non-hydrogen) atoms. The number of nitrogens with one attached hydrogen (secondary N) is 1. The quantitative estimate of drug-likeness (QED) is 0.775. The summed E-state index contributed by atoms with van der Waals surface area (Å²) in [7, 11) is 0. The summed E-state index contributed by atoms with van der Waals surface area (Å²) in [6, 6.07) is 13.9. The largest absolute Gasteiger partial charge is 0.348 e. The van der Waals surface area contributed by atoms with Crippen molar-refractivity contribution in [1.29, 1.82) is 0 Å². The van der Waals surface area contributed by atoms with Crippen molar-refractivity contribution in [3.05, 3.63) is 48.0 Å². The van der Waals surface area contributed by atoms with Gasteiger partial charge in [0.05, 0.1) is 6.04 Å². The van der Waals surface area contributed by atoms with Gasteiger partial charge in [0, 0.05) is 32.5 Å². The average molecular weight is 341 g/mol. The van der Waals surface area contributed by atoms with E-state index >= 15 is 0 Å². The minimum absolute atomic E-state index is 0.00940. The van der Waals surface area contributed by atoms with E-state index in [9.17, 15) is 9.59 Å². The number of fused-ring (bicyclic) bond motifs is 1. The number of amides is 2. The summed E-state index contributed by atoms with van der Waals surface area (Å²) in [5.74, 6) is -0.140. The van der Waals surface area contributed by atoms with Crippen LogP contribution >= 0.6 is 0 Å². The summed E-state index contributed by atoms with van der Waals surface area (Å²) < 4.78 is 0. The molecule has 2 rings (SSSR count). The number of rotatable bonds is 8. The van der Waals surface area contributed by atoms with Crippen molar-refractivity contribution in [2.24, 2.45) is 5.73 Å². The van der Waals surface area contributed by atoms with Crippen molar-refractivity contribution in [2.45, 2.75) is 32.7 Å². The van der Waals surface area contributed by atoms with E-state index in [1.165, 1.54) is 0 Å². The highest BCUT2D eigenvalue weighted by atomic mass is 16.2. The van der Waals surface area contributed by atoms with Crippen LogP contribution in [0.3, 0.4) is 0 Å². The second-order valence-electron chi connectivity index (χ2n) is 6.03. The van der Waals surface area contributed by atoms with Gasteiger partial charge in [-0.1, -0.05) is 36.4 Å². The molecule has 0 aliphatic rings. The third-order valence-corrected chi connectivity index (χ3v) is 4.43. The lowest BCUT2D eigenvalue weighted by Crippen LogP contribution is -2.35. The Hall–Kier alpha value is -2.40. The smallest absolute Gasteiger partial charge is 0.223 e. The van der Waals surface area contributed by atoms with Crippen LogP contribution in [0.2, 0.25) is 0 Å². The van der Waals surface area contributed by atoms with Crippen molar-refractivity contribution >= 4 is 22.6 Å². The third kappa shape index (κ3) is 5.03. The topological polar surface area (TPSA) is 75.4 Å². The lowest BCUT2D eigenvalue weighted by Gasteiger charge is -2.20. The van der Waals surface area contributed by atoms with E-state index in [2.05, 4.69) is 5.32 Å². The molecule has 0 spiro atoms. The summed E-state index contributed by atoms with van der Waals surface area (Å²) in [6.45, 7) is 5.52. The molecule has 5 nitrogen and oxygen atoms in total. The molecule has 0 fully saturated rings. The maximum Gasteiger partial charge on any atom is 0.223 e. The number of carbonyl (C=O) groups excluding carboxylic acids is 2. The fourth-order valence-electron chi connectivity index (χ4n) is 2.92. The van der Waals surface area contributed by atoms with E-state index in [1.807, 2.05) is 56.3 Å². The standard InChI is InChI=1S/C20H27N3O2/c1-3-23(4-2)20(25)12-11-19(24)22-18(14-21)17-10-9-15-7-5-6-8-16(15)13-17/h5-10,13,18H,3-4,11-12,14,21H2,1-2H3,(H,22,24). The van der Waals surface area contributed by atoms with Crippen LogP contribution in [-0.4, -0.2) is 36.3 Å². The Morgan fingerprint density at radius 2 is 1.72 bits per heavy atom. The number of hydrogen-bond donors (Lipinski definition) is 2. The Kier molecular flexibility index (Phi) is 6.95. The normalized spacial score (nSPS) is 12.0. The van der Waals surface area contributed by atoms with Gasteiger partial charge in [0.15, 0.2) is 0 Å². The van der Waals surface area contributed by atoms with Gasteiger partial charge in [0.25, 0.3) is 0 Å². The molecule has 0 heterocycles. The molecule has 0 saturated carbocycles. The van der Waals surface area contributed by atoms with Crippen LogP contribution in [0.5, 0.6) is 0 Å². The summed E-state index contributed by atoms with van der Waals surface area (Å²) in [5.41, 5.74) is 6.83. The number of carbonyl (C=O) groups is 2. The highest BCUT2D eigenvalue weighted by Gasteiger charge is 2.16. The van der Waals surface area contributed by atoms with E-state index in [0.717, 1.165) is 16.3 Å². The minimum Gasteiger partial charge on any atom is -0.348 e. The van der Waals surface area contributed by atoms with Crippen LogP contribution in [0.1, 0.15) is 38.3 Å². The monoisotopic (exact) mass is 341 g/mol. The first-order valence-corrected chi connectivity index (χ1v) is 8.84. The first kappa shape index (κ1) is 18.9. The van der Waals surface area contributed by atoms with E-state index in [1.54, 1.807) is 4.90 Å². The van der Waals surface area contributed by atoms with Gasteiger partial charge in [-0.05, 0) is 36.2 Å². The summed E-state index contributed by atoms with van der Waals surface area (Å²) in [6.07, 6.45) is 0.405. The van der Waals surface area contributed by atoms with E-state index in [-0.39, 0.29) is 30.7 Å². The molecule has 0 radical (unpaired) electrons. The number of hydrogen-bond acceptors (Lipinski definition) is 3. The minimum atomic E-state index is -0.249. The summed E-state index contributed by atoms with van der Waals surface area (Å²) in [4.78, 5) is 26.0. The maximum atomic E-state index is 12.2. The van der Waals surface area contributed by atoms with Crippen LogP contribution in [0.25, 0.3) is 10.8 Å². The van der Waals surface area contributed by atoms with Crippen LogP contribution < -0.4 is 11.1 Å². The Morgan fingerprint density at radius 3 is 2.36 bits per heavy atom. The second-order valence-corrected chi connectivity index (χ2v) is 6.03. The van der Waals surface area contributed by atoms with Gasteiger partial charge < -0.3 is 16.0 Å². The van der Waals surface area contributed by atoms with Gasteiger partial charge >= 0.3 is 0 Å². The Bertz CT molecular complexity index is 726. The fraction of sp³-hybridized carbons (Fsp3) is 0.400. The van der Waals surface area contributed by atoms with Crippen molar-refractivity contribution in [3.8, 4) is 0 Å². The SMILES string of the molecule is CCN(CC)C(=O)CCC(=O)NC(CN)c1ccc2ccccc2c1. The number of benzene rings is 2. The van der Waals surface area contributed by atoms with E-state index in [4.69, 9.17) is 5.73 Å². The fourth-order valence-corrected chi connectivity index (χ4v) is 2.92. The zero-order valence-electron chi connectivity index (χ0n) is 15.0. The Labute approximate surface area is 149 Å². The Balaban J connectivity index is 1.98. The van der Waals surface area contributed by atoms with Gasteiger partial charge in [-0.2, -0.15) is 0 Å². The van der Waals surface area contributed by atoms with Crippen molar-refractivity contribution in [1.82, 2.24) is 10.2 Å². The molecular weight excluding hydrogens is 314 g/mol. The highest BCUT2D eigenvalue weighted by molar-refractivity contribution is 5.85. The van der Waals surface area contributed by atoms with Gasteiger partial charge in [-0.3, -0.25) is 9.59 Å². The van der Waals surface area contributed by atoms with Crippen molar-refractivity contribution in [2.75, 3.05) is 19.6 Å². The maximum absolute atomic E-state index is 12.2. The number of nitrogens with two attached hydrogens (primary N) is 1. The molecule has 2 aromatic carbocycles. The van der Waals surface area contributed by atoms with Gasteiger partial charge in [-0.25, -0.2) is 0 Å². The van der Waals surface area contributed by atoms with Gasteiger partial charge in [0.1, 0.15) is 0 Å². The van der Waals surface area contributed by atoms with Gasteiger partial charge in [-0.15, -0.1) is 0 Å². The van der Waals surface area contributed by atoms with E-state index in [0.29, 0.717) is 19.6 Å². The predicted octanol–water partition coefficient (Wildman–Crippen LogP) is 2.60. The molecule has 0 saturated heterocycles. The second kappa shape index (κ2) is 9.18. The molecule has 5 heteroatoms. The van der Waals surface area contributed by atoms with Crippen LogP contribution in [0, 0.1) is 0 Å². The summed E-state index contributed by atoms with van der Waals surface area (Å²) in [5, 5.41) is 5.21. The first-order chi connectivity index (χ1) is 12.1. The lowest BCUT2D eigenvalue weighted by molar-refractivity contribution is -0.133. The molecule has 0 aliphatic heterocycles. The zero-order chi connectivity index (χ0) is 18.2. The molecule has 134 valence electrons. The molecule has 2 aromatic rings.